The number of rotatable bonds is 2. The minimum Gasteiger partial charge on any atom is -0.296 e. The molecule has 50 valence electrons. The first-order valence-corrected chi connectivity index (χ1v) is 3.06. The molecule has 0 rings (SSSR count). The lowest BCUT2D eigenvalue weighted by Crippen LogP contribution is -1.76. The fraction of sp³-hybridized carbons (Fsp3) is 0.375. The van der Waals surface area contributed by atoms with Gasteiger partial charge in [0.15, 0.2) is 0 Å². The van der Waals surface area contributed by atoms with E-state index in [0.717, 1.165) is 5.57 Å². The van der Waals surface area contributed by atoms with Gasteiger partial charge in [-0.15, -0.1) is 0 Å². The topological polar surface area (TPSA) is 12.4 Å². The summed E-state index contributed by atoms with van der Waals surface area (Å²) in [5.41, 5.74) is 1.15. The molecule has 0 fully saturated rings. The first-order chi connectivity index (χ1) is 4.35. The van der Waals surface area contributed by atoms with E-state index in [-0.39, 0.29) is 0 Å². The summed E-state index contributed by atoms with van der Waals surface area (Å²) in [6, 6.07) is 0. The lowest BCUT2D eigenvalue weighted by molar-refractivity contribution is 1.46. The molecule has 0 unspecified atom stereocenters. The molecule has 0 aromatic heterocycles. The minimum absolute atomic E-state index is 1.15. The van der Waals surface area contributed by atoms with Gasteiger partial charge >= 0.3 is 0 Å². The lowest BCUT2D eigenvalue weighted by Gasteiger charge is -1.86. The summed E-state index contributed by atoms with van der Waals surface area (Å²) in [6.45, 7) is 3.99. The largest absolute Gasteiger partial charge is 0.296 e. The zero-order chi connectivity index (χ0) is 7.11. The minimum atomic E-state index is 1.15. The van der Waals surface area contributed by atoms with Crippen molar-refractivity contribution in [1.29, 1.82) is 0 Å². The molecule has 0 spiro atoms. The first-order valence-electron chi connectivity index (χ1n) is 3.06. The molecule has 0 radical (unpaired) electrons. The van der Waals surface area contributed by atoms with Crippen LogP contribution in [0.1, 0.15) is 13.8 Å². The molecular weight excluding hydrogens is 110 g/mol. The normalized spacial score (nSPS) is 13.9. The van der Waals surface area contributed by atoms with Crippen LogP contribution in [0.2, 0.25) is 0 Å². The maximum Gasteiger partial charge on any atom is 0.0277 e. The summed E-state index contributed by atoms with van der Waals surface area (Å²) in [6.07, 6.45) is 7.87. The molecule has 0 aromatic carbocycles. The van der Waals surface area contributed by atoms with Crippen LogP contribution in [0.15, 0.2) is 28.8 Å². The SMILES string of the molecule is C/C=C\C(C=NC)=C/C. The van der Waals surface area contributed by atoms with E-state index in [2.05, 4.69) is 4.99 Å². The number of nitrogens with zero attached hydrogens (tertiary/aromatic N) is 1. The van der Waals surface area contributed by atoms with Crippen molar-refractivity contribution in [3.8, 4) is 0 Å². The van der Waals surface area contributed by atoms with Crippen LogP contribution < -0.4 is 0 Å². The molecule has 0 saturated heterocycles. The van der Waals surface area contributed by atoms with Crippen LogP contribution >= 0.6 is 0 Å². The molecule has 0 bridgehead atoms. The van der Waals surface area contributed by atoms with Crippen molar-refractivity contribution in [2.75, 3.05) is 7.05 Å². The predicted octanol–water partition coefficient (Wildman–Crippen LogP) is 2.21. The van der Waals surface area contributed by atoms with Gasteiger partial charge in [-0.2, -0.15) is 0 Å². The smallest absolute Gasteiger partial charge is 0.0277 e. The Hall–Kier alpha value is -0.850. The number of hydrogen-bond acceptors (Lipinski definition) is 1. The molecule has 0 saturated carbocycles. The van der Waals surface area contributed by atoms with Gasteiger partial charge in [0.1, 0.15) is 0 Å². The van der Waals surface area contributed by atoms with Crippen LogP contribution in [-0.4, -0.2) is 13.3 Å². The van der Waals surface area contributed by atoms with E-state index in [1.807, 2.05) is 38.3 Å². The Labute approximate surface area is 56.8 Å². The van der Waals surface area contributed by atoms with Crippen LogP contribution in [0, 0.1) is 0 Å². The van der Waals surface area contributed by atoms with Gasteiger partial charge < -0.3 is 0 Å². The second kappa shape index (κ2) is 5.29. The Morgan fingerprint density at radius 1 is 1.33 bits per heavy atom. The molecular formula is C8H13N. The van der Waals surface area contributed by atoms with E-state index in [9.17, 15) is 0 Å². The highest BCUT2D eigenvalue weighted by Crippen LogP contribution is 1.90. The second-order valence-electron chi connectivity index (χ2n) is 1.68. The Morgan fingerprint density at radius 2 is 2.00 bits per heavy atom. The van der Waals surface area contributed by atoms with Gasteiger partial charge in [0, 0.05) is 13.3 Å². The molecule has 0 aliphatic heterocycles. The van der Waals surface area contributed by atoms with Gasteiger partial charge in [0.25, 0.3) is 0 Å². The summed E-state index contributed by atoms with van der Waals surface area (Å²) < 4.78 is 0. The summed E-state index contributed by atoms with van der Waals surface area (Å²) in [5, 5.41) is 0. The van der Waals surface area contributed by atoms with Crippen molar-refractivity contribution in [3.05, 3.63) is 23.8 Å². The quantitative estimate of drug-likeness (QED) is 0.394. The standard InChI is InChI=1S/C8H13N/c1-4-6-8(5-2)7-9-3/h4-7H,1-3H3/b6-4-,8-5+,9-7?. The summed E-state index contributed by atoms with van der Waals surface area (Å²) in [7, 11) is 1.77. The molecule has 0 aliphatic rings. The van der Waals surface area contributed by atoms with Crippen LogP contribution in [0.5, 0.6) is 0 Å². The van der Waals surface area contributed by atoms with Crippen molar-refractivity contribution in [2.45, 2.75) is 13.8 Å². The maximum absolute atomic E-state index is 3.88. The number of hydrogen-bond donors (Lipinski definition) is 0. The monoisotopic (exact) mass is 123 g/mol. The molecule has 0 heterocycles. The average molecular weight is 123 g/mol. The van der Waals surface area contributed by atoms with Gasteiger partial charge in [-0.1, -0.05) is 18.2 Å². The van der Waals surface area contributed by atoms with Crippen LogP contribution in [0.25, 0.3) is 0 Å². The molecule has 0 atom stereocenters. The van der Waals surface area contributed by atoms with Crippen LogP contribution in [-0.2, 0) is 0 Å². The van der Waals surface area contributed by atoms with Crippen LogP contribution in [0.4, 0.5) is 0 Å². The van der Waals surface area contributed by atoms with Gasteiger partial charge in [-0.25, -0.2) is 0 Å². The third-order valence-corrected chi connectivity index (χ3v) is 0.971. The van der Waals surface area contributed by atoms with Crippen molar-refractivity contribution < 1.29 is 0 Å². The molecule has 0 aliphatic carbocycles. The van der Waals surface area contributed by atoms with E-state index < -0.39 is 0 Å². The second-order valence-corrected chi connectivity index (χ2v) is 1.68. The van der Waals surface area contributed by atoms with E-state index >= 15 is 0 Å². The number of allylic oxidation sites excluding steroid dienone is 4. The fourth-order valence-corrected chi connectivity index (χ4v) is 0.555. The van der Waals surface area contributed by atoms with E-state index in [1.54, 1.807) is 7.05 Å². The van der Waals surface area contributed by atoms with E-state index in [4.69, 9.17) is 0 Å². The highest BCUT2D eigenvalue weighted by molar-refractivity contribution is 5.81. The van der Waals surface area contributed by atoms with Gasteiger partial charge in [0.2, 0.25) is 0 Å². The molecule has 0 amide bonds. The molecule has 1 nitrogen and oxygen atoms in total. The van der Waals surface area contributed by atoms with Gasteiger partial charge in [-0.3, -0.25) is 4.99 Å². The third-order valence-electron chi connectivity index (χ3n) is 0.971. The van der Waals surface area contributed by atoms with Crippen molar-refractivity contribution in [3.63, 3.8) is 0 Å². The molecule has 1 heteroatoms. The Bertz CT molecular complexity index is 127. The summed E-state index contributed by atoms with van der Waals surface area (Å²) in [5.74, 6) is 0. The Morgan fingerprint density at radius 3 is 2.33 bits per heavy atom. The molecule has 9 heavy (non-hydrogen) atoms. The third kappa shape index (κ3) is 3.71. The highest BCUT2D eigenvalue weighted by Gasteiger charge is 1.78. The number of aliphatic imine (C=N–C) groups is 1. The van der Waals surface area contributed by atoms with Crippen molar-refractivity contribution in [2.24, 2.45) is 4.99 Å². The molecule has 0 N–H and O–H groups in total. The van der Waals surface area contributed by atoms with Crippen LogP contribution in [0.3, 0.4) is 0 Å². The van der Waals surface area contributed by atoms with Crippen molar-refractivity contribution >= 4 is 6.21 Å². The predicted molar refractivity (Wildman–Crippen MR) is 43.0 cm³/mol. The lowest BCUT2D eigenvalue weighted by atomic mass is 10.2. The highest BCUT2D eigenvalue weighted by atomic mass is 14.6. The maximum atomic E-state index is 3.88. The Kier molecular flexibility index (Phi) is 4.79. The fourth-order valence-electron chi connectivity index (χ4n) is 0.555. The summed E-state index contributed by atoms with van der Waals surface area (Å²) >= 11 is 0. The van der Waals surface area contributed by atoms with Gasteiger partial charge in [-0.05, 0) is 19.4 Å². The Balaban J connectivity index is 4.01. The zero-order valence-corrected chi connectivity index (χ0v) is 6.26. The molecule has 0 aromatic rings. The van der Waals surface area contributed by atoms with E-state index in [0.29, 0.717) is 0 Å². The first kappa shape index (κ1) is 8.15. The van der Waals surface area contributed by atoms with Crippen molar-refractivity contribution in [1.82, 2.24) is 0 Å². The van der Waals surface area contributed by atoms with Gasteiger partial charge in [0.05, 0.1) is 0 Å². The summed E-state index contributed by atoms with van der Waals surface area (Å²) in [4.78, 5) is 3.88. The average Bonchev–Trinajstić information content (AvgIpc) is 1.88. The van der Waals surface area contributed by atoms with E-state index in [1.165, 1.54) is 0 Å². The zero-order valence-electron chi connectivity index (χ0n) is 6.26.